The second-order valence-electron chi connectivity index (χ2n) is 5.25. The summed E-state index contributed by atoms with van der Waals surface area (Å²) in [6, 6.07) is 7.46. The van der Waals surface area contributed by atoms with Crippen LogP contribution in [0, 0.1) is 0 Å². The van der Waals surface area contributed by atoms with Crippen LogP contribution >= 0.6 is 0 Å². The molecular weight excluding hydrogens is 244 g/mol. The van der Waals surface area contributed by atoms with Gasteiger partial charge in [-0.2, -0.15) is 0 Å². The van der Waals surface area contributed by atoms with E-state index in [2.05, 4.69) is 0 Å². The van der Waals surface area contributed by atoms with Gasteiger partial charge in [0.1, 0.15) is 0 Å². The molecule has 1 heterocycles. The minimum Gasteiger partial charge on any atom is -0.385 e. The number of benzene rings is 1. The number of carbonyl (C=O) groups excluding carboxylic acids is 2. The van der Waals surface area contributed by atoms with Gasteiger partial charge in [-0.05, 0) is 18.9 Å². The third-order valence-electron chi connectivity index (χ3n) is 3.87. The highest BCUT2D eigenvalue weighted by atomic mass is 16.3. The maximum Gasteiger partial charge on any atom is 0.248 e. The topological polar surface area (TPSA) is 60.9 Å². The molecule has 1 aromatic rings. The Hall–Kier alpha value is -1.88. The van der Waals surface area contributed by atoms with E-state index in [1.807, 2.05) is 24.3 Å². The summed E-state index contributed by atoms with van der Waals surface area (Å²) >= 11 is 0. The number of rotatable bonds is 2. The van der Waals surface area contributed by atoms with Crippen LogP contribution < -0.4 is 4.90 Å². The molecule has 2 aliphatic rings. The third kappa shape index (κ3) is 2.00. The fourth-order valence-electron chi connectivity index (χ4n) is 2.43. The first-order valence-corrected chi connectivity index (χ1v) is 6.37. The summed E-state index contributed by atoms with van der Waals surface area (Å²) in [4.78, 5) is 26.4. The molecule has 5 heteroatoms. The van der Waals surface area contributed by atoms with Crippen molar-refractivity contribution in [2.45, 2.75) is 18.4 Å². The molecule has 100 valence electrons. The zero-order chi connectivity index (χ0) is 13.6. The molecule has 0 bridgehead atoms. The second kappa shape index (κ2) is 4.06. The van der Waals surface area contributed by atoms with E-state index in [0.29, 0.717) is 0 Å². The van der Waals surface area contributed by atoms with Gasteiger partial charge in [-0.1, -0.05) is 18.2 Å². The molecule has 1 saturated heterocycles. The molecule has 1 saturated carbocycles. The van der Waals surface area contributed by atoms with Gasteiger partial charge >= 0.3 is 0 Å². The minimum atomic E-state index is -0.772. The number of hydrogen-bond acceptors (Lipinski definition) is 4. The van der Waals surface area contributed by atoms with Crippen molar-refractivity contribution in [3.63, 3.8) is 0 Å². The van der Waals surface area contributed by atoms with Crippen molar-refractivity contribution >= 4 is 17.5 Å². The third-order valence-corrected chi connectivity index (χ3v) is 3.87. The van der Waals surface area contributed by atoms with Gasteiger partial charge in [-0.15, -0.1) is 0 Å². The van der Waals surface area contributed by atoms with E-state index in [1.165, 1.54) is 7.05 Å². The summed E-state index contributed by atoms with van der Waals surface area (Å²) in [5.41, 5.74) is 0.837. The number of anilines is 1. The molecule has 0 atom stereocenters. The first-order chi connectivity index (χ1) is 9.01. The number of aliphatic hydroxyl groups is 1. The maximum absolute atomic E-state index is 11.8. The van der Waals surface area contributed by atoms with Crippen LogP contribution in [-0.4, -0.2) is 42.0 Å². The van der Waals surface area contributed by atoms with E-state index in [1.54, 1.807) is 4.90 Å². The smallest absolute Gasteiger partial charge is 0.248 e. The molecular formula is C14H16N2O3. The highest BCUT2D eigenvalue weighted by Crippen LogP contribution is 2.48. The molecule has 3 rings (SSSR count). The maximum atomic E-state index is 11.8. The summed E-state index contributed by atoms with van der Waals surface area (Å²) in [7, 11) is 1.50. The molecule has 1 aliphatic heterocycles. The Morgan fingerprint density at radius 2 is 1.68 bits per heavy atom. The van der Waals surface area contributed by atoms with E-state index in [4.69, 9.17) is 0 Å². The molecule has 1 aromatic carbocycles. The van der Waals surface area contributed by atoms with Crippen LogP contribution in [0.3, 0.4) is 0 Å². The fraction of sp³-hybridized carbons (Fsp3) is 0.429. The van der Waals surface area contributed by atoms with E-state index < -0.39 is 5.60 Å². The molecule has 5 nitrogen and oxygen atoms in total. The minimum absolute atomic E-state index is 0.176. The van der Waals surface area contributed by atoms with Gasteiger partial charge in [0, 0.05) is 18.3 Å². The largest absolute Gasteiger partial charge is 0.385 e. The van der Waals surface area contributed by atoms with Crippen LogP contribution in [0.5, 0.6) is 0 Å². The van der Waals surface area contributed by atoms with Gasteiger partial charge in [0.25, 0.3) is 0 Å². The summed E-state index contributed by atoms with van der Waals surface area (Å²) < 4.78 is 0. The molecule has 0 unspecified atom stereocenters. The number of amides is 2. The predicted molar refractivity (Wildman–Crippen MR) is 69.6 cm³/mol. The lowest BCUT2D eigenvalue weighted by Crippen LogP contribution is -2.52. The monoisotopic (exact) mass is 260 g/mol. The van der Waals surface area contributed by atoms with Crippen LogP contribution in [0.2, 0.25) is 0 Å². The summed E-state index contributed by atoms with van der Waals surface area (Å²) in [5, 5.41) is 10.3. The molecule has 1 aliphatic carbocycles. The van der Waals surface area contributed by atoms with Crippen molar-refractivity contribution in [1.82, 2.24) is 4.90 Å². The van der Waals surface area contributed by atoms with Crippen molar-refractivity contribution in [3.8, 4) is 0 Å². The molecule has 19 heavy (non-hydrogen) atoms. The van der Waals surface area contributed by atoms with Crippen LogP contribution in [0.15, 0.2) is 24.3 Å². The number of carbonyl (C=O) groups is 2. The van der Waals surface area contributed by atoms with E-state index in [-0.39, 0.29) is 24.9 Å². The molecule has 0 radical (unpaired) electrons. The lowest BCUT2D eigenvalue weighted by molar-refractivity contribution is -0.143. The Kier molecular flexibility index (Phi) is 2.60. The number of imide groups is 1. The zero-order valence-electron chi connectivity index (χ0n) is 10.8. The van der Waals surface area contributed by atoms with E-state index >= 15 is 0 Å². The molecule has 1 N–H and O–H groups in total. The Bertz CT molecular complexity index is 533. The van der Waals surface area contributed by atoms with Crippen LogP contribution in [-0.2, 0) is 15.2 Å². The zero-order valence-corrected chi connectivity index (χ0v) is 10.8. The van der Waals surface area contributed by atoms with Crippen molar-refractivity contribution in [1.29, 1.82) is 0 Å². The molecule has 2 fully saturated rings. The predicted octanol–water partition coefficient (Wildman–Crippen LogP) is 0.473. The van der Waals surface area contributed by atoms with Crippen molar-refractivity contribution in [2.75, 3.05) is 25.0 Å². The average molecular weight is 260 g/mol. The van der Waals surface area contributed by atoms with Crippen LogP contribution in [0.25, 0.3) is 0 Å². The molecule has 0 aromatic heterocycles. The van der Waals surface area contributed by atoms with Gasteiger partial charge in [0.2, 0.25) is 11.8 Å². The van der Waals surface area contributed by atoms with Crippen molar-refractivity contribution in [2.24, 2.45) is 0 Å². The Morgan fingerprint density at radius 3 is 2.26 bits per heavy atom. The van der Waals surface area contributed by atoms with Gasteiger partial charge in [0.15, 0.2) is 0 Å². The molecule has 0 spiro atoms. The Morgan fingerprint density at radius 1 is 1.11 bits per heavy atom. The number of piperazine rings is 1. The van der Waals surface area contributed by atoms with E-state index in [9.17, 15) is 14.7 Å². The van der Waals surface area contributed by atoms with Crippen molar-refractivity contribution in [3.05, 3.63) is 29.8 Å². The summed E-state index contributed by atoms with van der Waals surface area (Å²) in [5.74, 6) is -0.428. The quantitative estimate of drug-likeness (QED) is 0.785. The first kappa shape index (κ1) is 12.2. The number of likely N-dealkylation sites (N-methyl/N-ethyl adjacent to an activating group) is 1. The average Bonchev–Trinajstić information content (AvgIpc) is 3.15. The van der Waals surface area contributed by atoms with Gasteiger partial charge < -0.3 is 10.0 Å². The fourth-order valence-corrected chi connectivity index (χ4v) is 2.43. The SMILES string of the molecule is CN1C(=O)CN(c2ccccc2C2(O)CC2)CC1=O. The first-order valence-electron chi connectivity index (χ1n) is 6.37. The second-order valence-corrected chi connectivity index (χ2v) is 5.25. The summed E-state index contributed by atoms with van der Waals surface area (Å²) in [6.07, 6.45) is 1.47. The van der Waals surface area contributed by atoms with E-state index in [0.717, 1.165) is 29.0 Å². The number of nitrogens with zero attached hydrogens (tertiary/aromatic N) is 2. The number of para-hydroxylation sites is 1. The van der Waals surface area contributed by atoms with Crippen LogP contribution in [0.1, 0.15) is 18.4 Å². The van der Waals surface area contributed by atoms with Crippen molar-refractivity contribution < 1.29 is 14.7 Å². The standard InChI is InChI=1S/C14H16N2O3/c1-15-12(17)8-16(9-13(15)18)11-5-3-2-4-10(11)14(19)6-7-14/h2-5,19H,6-9H2,1H3. The lowest BCUT2D eigenvalue weighted by atomic mass is 10.0. The summed E-state index contributed by atoms with van der Waals surface area (Å²) in [6.45, 7) is 0.352. The Balaban J connectivity index is 1.95. The Labute approximate surface area is 111 Å². The van der Waals surface area contributed by atoms with Gasteiger partial charge in [-0.25, -0.2) is 0 Å². The van der Waals surface area contributed by atoms with Gasteiger partial charge in [-0.3, -0.25) is 14.5 Å². The highest BCUT2D eigenvalue weighted by Gasteiger charge is 2.44. The normalized spacial score (nSPS) is 21.8. The lowest BCUT2D eigenvalue weighted by Gasteiger charge is -2.33. The van der Waals surface area contributed by atoms with Gasteiger partial charge in [0.05, 0.1) is 18.7 Å². The number of hydrogen-bond donors (Lipinski definition) is 1. The van der Waals surface area contributed by atoms with Crippen LogP contribution in [0.4, 0.5) is 5.69 Å². The highest BCUT2D eigenvalue weighted by molar-refractivity contribution is 6.02. The molecule has 2 amide bonds.